The van der Waals surface area contributed by atoms with Crippen molar-refractivity contribution in [3.8, 4) is 16.9 Å². The van der Waals surface area contributed by atoms with E-state index in [0.717, 1.165) is 28.8 Å². The van der Waals surface area contributed by atoms with E-state index in [1.807, 2.05) is 31.2 Å². The number of aromatic hydroxyl groups is 1. The molecule has 0 aromatic heterocycles. The Morgan fingerprint density at radius 2 is 1.77 bits per heavy atom. The van der Waals surface area contributed by atoms with E-state index in [2.05, 4.69) is 10.6 Å². The molecule has 3 aromatic carbocycles. The van der Waals surface area contributed by atoms with Gasteiger partial charge in [-0.2, -0.15) is 13.2 Å². The molecule has 0 bridgehead atoms. The van der Waals surface area contributed by atoms with E-state index < -0.39 is 47.8 Å². The van der Waals surface area contributed by atoms with Gasteiger partial charge in [0.05, 0.1) is 18.3 Å². The molecule has 0 spiro atoms. The normalized spacial score (nSPS) is 16.3. The van der Waals surface area contributed by atoms with E-state index in [4.69, 9.17) is 5.11 Å². The second-order valence-corrected chi connectivity index (χ2v) is 11.9. The standard InChI is InChI=1S/C33H38F3N3O5/c1-20-12-21(8-11-26(20)27-6-4-5-7-29(27)42)17-39-18-22-9-10-24(33(34,35)36)13-23(22)14-28(31(39)44)38-30(43)15-32(2,3)37-16-25(41)19-40/h4-13,25,28,37,40-42H,14-19H2,1-3H3,(H,38,43)/t25-,28+/m0/s1. The summed E-state index contributed by atoms with van der Waals surface area (Å²) in [5, 5.41) is 34.8. The average Bonchev–Trinajstić information content (AvgIpc) is 3.07. The van der Waals surface area contributed by atoms with E-state index >= 15 is 0 Å². The highest BCUT2D eigenvalue weighted by Gasteiger charge is 2.35. The Morgan fingerprint density at radius 1 is 1.05 bits per heavy atom. The monoisotopic (exact) mass is 613 g/mol. The molecule has 0 aliphatic carbocycles. The van der Waals surface area contributed by atoms with Crippen LogP contribution in [0.1, 0.15) is 48.1 Å². The molecule has 0 saturated carbocycles. The lowest BCUT2D eigenvalue weighted by atomic mass is 9.97. The smallest absolute Gasteiger partial charge is 0.416 e. The number of amides is 2. The van der Waals surface area contributed by atoms with Crippen LogP contribution in [-0.4, -0.2) is 62.9 Å². The van der Waals surface area contributed by atoms with Gasteiger partial charge in [-0.3, -0.25) is 9.59 Å². The lowest BCUT2D eigenvalue weighted by Crippen LogP contribution is -2.51. The Morgan fingerprint density at radius 3 is 2.43 bits per heavy atom. The van der Waals surface area contributed by atoms with Gasteiger partial charge >= 0.3 is 6.18 Å². The summed E-state index contributed by atoms with van der Waals surface area (Å²) in [5.41, 5.74) is 2.40. The second kappa shape index (κ2) is 13.4. The van der Waals surface area contributed by atoms with Crippen molar-refractivity contribution in [3.05, 3.63) is 88.5 Å². The predicted molar refractivity (Wildman–Crippen MR) is 159 cm³/mol. The maximum absolute atomic E-state index is 13.9. The molecule has 2 atom stereocenters. The van der Waals surface area contributed by atoms with Gasteiger partial charge in [0, 0.05) is 43.6 Å². The second-order valence-electron chi connectivity index (χ2n) is 11.9. The van der Waals surface area contributed by atoms with E-state index in [0.29, 0.717) is 16.7 Å². The number of aliphatic hydroxyl groups excluding tert-OH is 2. The zero-order chi connectivity index (χ0) is 32.2. The number of carbonyl (C=O) groups excluding carboxylic acids is 2. The number of halogens is 3. The van der Waals surface area contributed by atoms with Gasteiger partial charge < -0.3 is 30.9 Å². The summed E-state index contributed by atoms with van der Waals surface area (Å²) < 4.78 is 40.7. The number of hydrogen-bond acceptors (Lipinski definition) is 6. The summed E-state index contributed by atoms with van der Waals surface area (Å²) in [7, 11) is 0. The van der Waals surface area contributed by atoms with E-state index in [1.165, 1.54) is 11.0 Å². The number of phenols is 1. The summed E-state index contributed by atoms with van der Waals surface area (Å²) in [6, 6.07) is 14.9. The first-order valence-electron chi connectivity index (χ1n) is 14.4. The first-order chi connectivity index (χ1) is 20.7. The number of β-amino-alcohol motifs (C(OH)–C–C–N with tert-alkyl or cyclic N) is 1. The minimum atomic E-state index is -4.56. The zero-order valence-electron chi connectivity index (χ0n) is 24.9. The minimum Gasteiger partial charge on any atom is -0.507 e. The molecule has 1 heterocycles. The van der Waals surface area contributed by atoms with Gasteiger partial charge in [0.15, 0.2) is 0 Å². The molecule has 44 heavy (non-hydrogen) atoms. The van der Waals surface area contributed by atoms with Crippen LogP contribution < -0.4 is 10.6 Å². The predicted octanol–water partition coefficient (Wildman–Crippen LogP) is 4.07. The van der Waals surface area contributed by atoms with E-state index in [-0.39, 0.29) is 38.2 Å². The van der Waals surface area contributed by atoms with Crippen LogP contribution in [-0.2, 0) is 35.3 Å². The van der Waals surface area contributed by atoms with Gasteiger partial charge in [-0.05, 0) is 66.8 Å². The molecule has 2 amide bonds. The van der Waals surface area contributed by atoms with E-state index in [9.17, 15) is 33.0 Å². The number of nitrogens with zero attached hydrogens (tertiary/aromatic N) is 1. The molecule has 0 saturated heterocycles. The van der Waals surface area contributed by atoms with Crippen molar-refractivity contribution in [2.75, 3.05) is 13.2 Å². The Bertz CT molecular complexity index is 1510. The van der Waals surface area contributed by atoms with Crippen molar-refractivity contribution in [1.82, 2.24) is 15.5 Å². The Balaban J connectivity index is 1.60. The number of benzene rings is 3. The zero-order valence-corrected chi connectivity index (χ0v) is 24.9. The Kier molecular flexibility index (Phi) is 10.0. The van der Waals surface area contributed by atoms with Crippen LogP contribution in [0.15, 0.2) is 60.7 Å². The van der Waals surface area contributed by atoms with E-state index in [1.54, 1.807) is 32.0 Å². The van der Waals surface area contributed by atoms with Crippen LogP contribution >= 0.6 is 0 Å². The van der Waals surface area contributed by atoms with Gasteiger partial charge in [0.25, 0.3) is 0 Å². The molecular weight excluding hydrogens is 575 g/mol. The van der Waals surface area contributed by atoms with Crippen LogP contribution in [0.3, 0.4) is 0 Å². The van der Waals surface area contributed by atoms with Gasteiger partial charge in [-0.1, -0.05) is 42.5 Å². The maximum atomic E-state index is 13.9. The van der Waals surface area contributed by atoms with Crippen LogP contribution in [0, 0.1) is 6.92 Å². The molecule has 3 aromatic rings. The molecule has 4 rings (SSSR count). The topological polar surface area (TPSA) is 122 Å². The van der Waals surface area contributed by atoms with Crippen molar-refractivity contribution in [2.45, 2.75) is 70.6 Å². The summed E-state index contributed by atoms with van der Waals surface area (Å²) in [6.45, 7) is 5.15. The maximum Gasteiger partial charge on any atom is 0.416 e. The molecule has 236 valence electrons. The summed E-state index contributed by atoms with van der Waals surface area (Å²) in [5.74, 6) is -0.771. The number of nitrogens with one attached hydrogen (secondary N) is 2. The number of rotatable bonds is 10. The number of carbonyl (C=O) groups is 2. The minimum absolute atomic E-state index is 0.0443. The molecule has 0 radical (unpaired) electrons. The molecular formula is C33H38F3N3O5. The third-order valence-electron chi connectivity index (χ3n) is 7.75. The lowest BCUT2D eigenvalue weighted by Gasteiger charge is -2.29. The molecule has 0 unspecified atom stereocenters. The summed E-state index contributed by atoms with van der Waals surface area (Å²) >= 11 is 0. The Hall–Kier alpha value is -3.93. The van der Waals surface area contributed by atoms with Crippen molar-refractivity contribution in [2.24, 2.45) is 0 Å². The first-order valence-corrected chi connectivity index (χ1v) is 14.4. The largest absolute Gasteiger partial charge is 0.507 e. The average molecular weight is 614 g/mol. The molecule has 5 N–H and O–H groups in total. The number of aliphatic hydroxyl groups is 2. The Labute approximate surface area is 254 Å². The number of aryl methyl sites for hydroxylation is 1. The summed E-state index contributed by atoms with van der Waals surface area (Å²) in [6.07, 6.45) is -5.77. The highest BCUT2D eigenvalue weighted by atomic mass is 19.4. The molecule has 0 fully saturated rings. The molecule has 11 heteroatoms. The number of fused-ring (bicyclic) bond motifs is 1. The number of phenolic OH excluding ortho intramolecular Hbond substituents is 1. The van der Waals surface area contributed by atoms with Crippen molar-refractivity contribution in [1.29, 1.82) is 0 Å². The SMILES string of the molecule is Cc1cc(CN2Cc3ccc(C(F)(F)F)cc3C[C@@H](NC(=O)CC(C)(C)NC[C@H](O)CO)C2=O)ccc1-c1ccccc1O. The van der Waals surface area contributed by atoms with Crippen LogP contribution in [0.2, 0.25) is 0 Å². The number of para-hydroxylation sites is 1. The first kappa shape index (κ1) is 33.0. The highest BCUT2D eigenvalue weighted by Crippen LogP contribution is 2.34. The molecule has 8 nitrogen and oxygen atoms in total. The van der Waals surface area contributed by atoms with Crippen molar-refractivity contribution in [3.63, 3.8) is 0 Å². The molecule has 1 aliphatic heterocycles. The summed E-state index contributed by atoms with van der Waals surface area (Å²) in [4.78, 5) is 28.5. The lowest BCUT2D eigenvalue weighted by molar-refractivity contribution is -0.137. The van der Waals surface area contributed by atoms with Gasteiger partial charge in [0.2, 0.25) is 11.8 Å². The third-order valence-corrected chi connectivity index (χ3v) is 7.75. The van der Waals surface area contributed by atoms with Crippen LogP contribution in [0.5, 0.6) is 5.75 Å². The molecule has 1 aliphatic rings. The highest BCUT2D eigenvalue weighted by molar-refractivity contribution is 5.89. The number of hydrogen-bond donors (Lipinski definition) is 5. The van der Waals surface area contributed by atoms with Gasteiger partial charge in [0.1, 0.15) is 11.8 Å². The van der Waals surface area contributed by atoms with Crippen molar-refractivity contribution < 1.29 is 38.1 Å². The third kappa shape index (κ3) is 8.16. The fraction of sp³-hybridized carbons (Fsp3) is 0.394. The number of alkyl halides is 3. The van der Waals surface area contributed by atoms with Crippen LogP contribution in [0.4, 0.5) is 13.2 Å². The quantitative estimate of drug-likeness (QED) is 0.235. The van der Waals surface area contributed by atoms with Gasteiger partial charge in [-0.15, -0.1) is 0 Å². The van der Waals surface area contributed by atoms with Crippen molar-refractivity contribution >= 4 is 11.8 Å². The fourth-order valence-corrected chi connectivity index (χ4v) is 5.42. The fourth-order valence-electron chi connectivity index (χ4n) is 5.42. The van der Waals surface area contributed by atoms with Gasteiger partial charge in [-0.25, -0.2) is 0 Å². The van der Waals surface area contributed by atoms with Crippen LogP contribution in [0.25, 0.3) is 11.1 Å².